The number of hydrogen-bond acceptors (Lipinski definition) is 7. The largest absolute Gasteiger partial charge is 0.395 e. The SMILES string of the molecule is COCC1CCN(c2cc([C@@H]3CCOC3)nc(NCCO)n2)CC1. The number of hydrogen-bond donors (Lipinski definition) is 2. The lowest BCUT2D eigenvalue weighted by Crippen LogP contribution is -2.35. The summed E-state index contributed by atoms with van der Waals surface area (Å²) in [6.07, 6.45) is 3.25. The summed E-state index contributed by atoms with van der Waals surface area (Å²) in [7, 11) is 1.77. The van der Waals surface area contributed by atoms with Crippen LogP contribution < -0.4 is 10.2 Å². The Bertz CT molecular complexity index is 515. The van der Waals surface area contributed by atoms with Gasteiger partial charge in [-0.25, -0.2) is 4.98 Å². The molecule has 2 saturated heterocycles. The third kappa shape index (κ3) is 4.34. The van der Waals surface area contributed by atoms with Gasteiger partial charge in [-0.05, 0) is 25.2 Å². The highest BCUT2D eigenvalue weighted by molar-refractivity contribution is 5.46. The summed E-state index contributed by atoms with van der Waals surface area (Å²) < 4.78 is 10.8. The molecule has 0 bridgehead atoms. The van der Waals surface area contributed by atoms with Crippen LogP contribution in [0.1, 0.15) is 30.9 Å². The lowest BCUT2D eigenvalue weighted by atomic mass is 9.97. The predicted molar refractivity (Wildman–Crippen MR) is 92.6 cm³/mol. The zero-order valence-electron chi connectivity index (χ0n) is 14.4. The molecule has 0 aromatic carbocycles. The molecule has 134 valence electrons. The van der Waals surface area contributed by atoms with Gasteiger partial charge in [-0.1, -0.05) is 0 Å². The molecule has 0 radical (unpaired) electrons. The lowest BCUT2D eigenvalue weighted by Gasteiger charge is -2.33. The molecule has 7 nitrogen and oxygen atoms in total. The number of aliphatic hydroxyl groups excluding tert-OH is 1. The van der Waals surface area contributed by atoms with E-state index in [4.69, 9.17) is 14.6 Å². The quantitative estimate of drug-likeness (QED) is 0.775. The van der Waals surface area contributed by atoms with Crippen LogP contribution in [0.2, 0.25) is 0 Å². The molecule has 2 N–H and O–H groups in total. The van der Waals surface area contributed by atoms with Gasteiger partial charge in [0.2, 0.25) is 5.95 Å². The van der Waals surface area contributed by atoms with Gasteiger partial charge in [-0.15, -0.1) is 0 Å². The molecule has 2 fully saturated rings. The van der Waals surface area contributed by atoms with E-state index < -0.39 is 0 Å². The molecule has 1 atom stereocenters. The van der Waals surface area contributed by atoms with Crippen molar-refractivity contribution in [3.8, 4) is 0 Å². The van der Waals surface area contributed by atoms with Crippen LogP contribution in [-0.4, -0.2) is 68.2 Å². The van der Waals surface area contributed by atoms with Gasteiger partial charge in [0, 0.05) is 51.9 Å². The van der Waals surface area contributed by atoms with E-state index in [1.54, 1.807) is 7.11 Å². The number of aromatic nitrogens is 2. The van der Waals surface area contributed by atoms with Crippen molar-refractivity contribution >= 4 is 11.8 Å². The molecule has 2 aliphatic heterocycles. The van der Waals surface area contributed by atoms with Crippen molar-refractivity contribution in [3.05, 3.63) is 11.8 Å². The van der Waals surface area contributed by atoms with E-state index in [1.165, 1.54) is 0 Å². The number of methoxy groups -OCH3 is 1. The van der Waals surface area contributed by atoms with E-state index in [0.717, 1.165) is 63.7 Å². The first kappa shape index (κ1) is 17.4. The standard InChI is InChI=1S/C17H28N4O3/c1-23-11-13-2-6-21(7-3-13)16-10-15(14-4-9-24-12-14)19-17(20-16)18-5-8-22/h10,13-14,22H,2-9,11-12H2,1H3,(H,18,19,20)/t14-/m1/s1. The fourth-order valence-electron chi connectivity index (χ4n) is 3.40. The fraction of sp³-hybridized carbons (Fsp3) is 0.765. The molecule has 3 rings (SSSR count). The highest BCUT2D eigenvalue weighted by Crippen LogP contribution is 2.29. The third-order valence-corrected chi connectivity index (χ3v) is 4.82. The van der Waals surface area contributed by atoms with Crippen molar-refractivity contribution in [1.82, 2.24) is 9.97 Å². The second-order valence-corrected chi connectivity index (χ2v) is 6.57. The topological polar surface area (TPSA) is 79.7 Å². The van der Waals surface area contributed by atoms with Crippen LogP contribution in [0, 0.1) is 5.92 Å². The van der Waals surface area contributed by atoms with Crippen LogP contribution in [0.5, 0.6) is 0 Å². The lowest BCUT2D eigenvalue weighted by molar-refractivity contribution is 0.139. The van der Waals surface area contributed by atoms with E-state index in [9.17, 15) is 0 Å². The zero-order valence-corrected chi connectivity index (χ0v) is 14.4. The van der Waals surface area contributed by atoms with Crippen LogP contribution in [0.3, 0.4) is 0 Å². The van der Waals surface area contributed by atoms with Gasteiger partial charge in [0.15, 0.2) is 0 Å². The van der Waals surface area contributed by atoms with Gasteiger partial charge in [-0.2, -0.15) is 4.98 Å². The fourth-order valence-corrected chi connectivity index (χ4v) is 3.40. The Hall–Kier alpha value is -1.44. The first-order chi connectivity index (χ1) is 11.8. The van der Waals surface area contributed by atoms with Crippen molar-refractivity contribution in [2.24, 2.45) is 5.92 Å². The minimum atomic E-state index is 0.0673. The molecule has 1 aromatic rings. The molecular weight excluding hydrogens is 308 g/mol. The monoisotopic (exact) mass is 336 g/mol. The molecule has 1 aromatic heterocycles. The van der Waals surface area contributed by atoms with Gasteiger partial charge >= 0.3 is 0 Å². The molecule has 24 heavy (non-hydrogen) atoms. The van der Waals surface area contributed by atoms with Gasteiger partial charge in [-0.3, -0.25) is 0 Å². The van der Waals surface area contributed by atoms with Crippen molar-refractivity contribution < 1.29 is 14.6 Å². The normalized spacial score (nSPS) is 22.1. The van der Waals surface area contributed by atoms with E-state index in [1.807, 2.05) is 0 Å². The number of nitrogens with zero attached hydrogens (tertiary/aromatic N) is 3. The Kier molecular flexibility index (Phi) is 6.23. The van der Waals surface area contributed by atoms with Crippen LogP contribution in [-0.2, 0) is 9.47 Å². The van der Waals surface area contributed by atoms with Crippen molar-refractivity contribution in [2.45, 2.75) is 25.2 Å². The smallest absolute Gasteiger partial charge is 0.224 e. The molecule has 2 aliphatic rings. The van der Waals surface area contributed by atoms with Gasteiger partial charge < -0.3 is 24.8 Å². The molecule has 3 heterocycles. The molecular formula is C17H28N4O3. The highest BCUT2D eigenvalue weighted by atomic mass is 16.5. The highest BCUT2D eigenvalue weighted by Gasteiger charge is 2.24. The van der Waals surface area contributed by atoms with Gasteiger partial charge in [0.05, 0.1) is 18.9 Å². The Morgan fingerprint density at radius 2 is 2.17 bits per heavy atom. The first-order valence-electron chi connectivity index (χ1n) is 8.85. The minimum Gasteiger partial charge on any atom is -0.395 e. The van der Waals surface area contributed by atoms with E-state index in [2.05, 4.69) is 26.3 Å². The maximum Gasteiger partial charge on any atom is 0.224 e. The number of rotatable bonds is 7. The number of aliphatic hydroxyl groups is 1. The van der Waals surface area contributed by atoms with Crippen molar-refractivity contribution in [3.63, 3.8) is 0 Å². The molecule has 7 heteroatoms. The number of ether oxygens (including phenoxy) is 2. The van der Waals surface area contributed by atoms with E-state index in [-0.39, 0.29) is 6.61 Å². The third-order valence-electron chi connectivity index (χ3n) is 4.82. The Labute approximate surface area is 143 Å². The molecule has 0 spiro atoms. The summed E-state index contributed by atoms with van der Waals surface area (Å²) in [5.74, 6) is 2.56. The minimum absolute atomic E-state index is 0.0673. The number of anilines is 2. The van der Waals surface area contributed by atoms with Crippen LogP contribution in [0.15, 0.2) is 6.07 Å². The summed E-state index contributed by atoms with van der Waals surface area (Å²) >= 11 is 0. The van der Waals surface area contributed by atoms with Crippen LogP contribution in [0.4, 0.5) is 11.8 Å². The number of nitrogens with one attached hydrogen (secondary N) is 1. The Morgan fingerprint density at radius 3 is 2.83 bits per heavy atom. The summed E-state index contributed by atoms with van der Waals surface area (Å²) in [5, 5.41) is 12.2. The summed E-state index contributed by atoms with van der Waals surface area (Å²) in [6, 6.07) is 2.11. The maximum atomic E-state index is 9.05. The molecule has 0 unspecified atom stereocenters. The summed E-state index contributed by atoms with van der Waals surface area (Å²) in [5.41, 5.74) is 1.04. The Morgan fingerprint density at radius 1 is 1.33 bits per heavy atom. The van der Waals surface area contributed by atoms with Crippen molar-refractivity contribution in [2.75, 3.05) is 63.4 Å². The van der Waals surface area contributed by atoms with E-state index >= 15 is 0 Å². The molecule has 0 saturated carbocycles. The molecule has 0 amide bonds. The second kappa shape index (κ2) is 8.60. The molecule has 0 aliphatic carbocycles. The number of piperidine rings is 1. The summed E-state index contributed by atoms with van der Waals surface area (Å²) in [4.78, 5) is 11.6. The van der Waals surface area contributed by atoms with Crippen molar-refractivity contribution in [1.29, 1.82) is 0 Å². The first-order valence-corrected chi connectivity index (χ1v) is 8.85. The zero-order chi connectivity index (χ0) is 16.8. The average Bonchev–Trinajstić information content (AvgIpc) is 3.15. The summed E-state index contributed by atoms with van der Waals surface area (Å²) in [6.45, 7) is 4.87. The maximum absolute atomic E-state index is 9.05. The predicted octanol–water partition coefficient (Wildman–Crippen LogP) is 1.25. The average molecular weight is 336 g/mol. The van der Waals surface area contributed by atoms with Crippen LogP contribution in [0.25, 0.3) is 0 Å². The Balaban J connectivity index is 1.74. The second-order valence-electron chi connectivity index (χ2n) is 6.57. The van der Waals surface area contributed by atoms with Gasteiger partial charge in [0.1, 0.15) is 5.82 Å². The van der Waals surface area contributed by atoms with Gasteiger partial charge in [0.25, 0.3) is 0 Å². The van der Waals surface area contributed by atoms with Crippen LogP contribution >= 0.6 is 0 Å². The van der Waals surface area contributed by atoms with E-state index in [0.29, 0.717) is 24.3 Å².